The molecule has 0 saturated heterocycles. The van der Waals surface area contributed by atoms with Crippen molar-refractivity contribution in [2.24, 2.45) is 0 Å². The molecule has 4 rings (SSSR count). The Labute approximate surface area is 131 Å². The summed E-state index contributed by atoms with van der Waals surface area (Å²) in [4.78, 5) is 0. The lowest BCUT2D eigenvalue weighted by Gasteiger charge is -2.26. The maximum Gasteiger partial charge on any atom is 0.0774 e. The molecule has 1 N–H and O–H groups in total. The standard InChI is InChI=1S/C20H18N2/c1-22(15-9-3-2-4-10-15)21-20-18-13-7-5-11-16(18)17-12-6-8-14-19(17)20/h2-14,20-21H,1H3. The molecule has 1 aliphatic carbocycles. The van der Waals surface area contributed by atoms with Gasteiger partial charge in [-0.2, -0.15) is 0 Å². The molecule has 0 aromatic heterocycles. The van der Waals surface area contributed by atoms with Gasteiger partial charge in [0.1, 0.15) is 0 Å². The first-order valence-corrected chi connectivity index (χ1v) is 7.58. The molecular formula is C20H18N2. The predicted molar refractivity (Wildman–Crippen MR) is 91.7 cm³/mol. The van der Waals surface area contributed by atoms with E-state index in [0.29, 0.717) is 0 Å². The maximum atomic E-state index is 3.64. The van der Waals surface area contributed by atoms with Crippen LogP contribution < -0.4 is 10.4 Å². The van der Waals surface area contributed by atoms with E-state index < -0.39 is 0 Å². The zero-order valence-corrected chi connectivity index (χ0v) is 12.5. The van der Waals surface area contributed by atoms with Crippen LogP contribution in [-0.4, -0.2) is 7.05 Å². The van der Waals surface area contributed by atoms with Gasteiger partial charge in [-0.05, 0) is 34.4 Å². The lowest BCUT2D eigenvalue weighted by Crippen LogP contribution is -2.37. The predicted octanol–water partition coefficient (Wildman–Crippen LogP) is 4.40. The molecule has 0 atom stereocenters. The van der Waals surface area contributed by atoms with Crippen LogP contribution in [0.25, 0.3) is 11.1 Å². The highest BCUT2D eigenvalue weighted by molar-refractivity contribution is 5.78. The van der Waals surface area contributed by atoms with Gasteiger partial charge in [0.05, 0.1) is 11.7 Å². The van der Waals surface area contributed by atoms with Crippen LogP contribution in [-0.2, 0) is 0 Å². The molecular weight excluding hydrogens is 268 g/mol. The Morgan fingerprint density at radius 2 is 1.18 bits per heavy atom. The molecule has 0 fully saturated rings. The molecule has 0 radical (unpaired) electrons. The fourth-order valence-electron chi connectivity index (χ4n) is 3.21. The average molecular weight is 286 g/mol. The van der Waals surface area contributed by atoms with Crippen LogP contribution in [0.1, 0.15) is 17.2 Å². The van der Waals surface area contributed by atoms with E-state index in [1.165, 1.54) is 22.3 Å². The molecule has 22 heavy (non-hydrogen) atoms. The van der Waals surface area contributed by atoms with Crippen molar-refractivity contribution in [2.45, 2.75) is 6.04 Å². The fourth-order valence-corrected chi connectivity index (χ4v) is 3.21. The Hall–Kier alpha value is -2.58. The first-order chi connectivity index (χ1) is 10.8. The van der Waals surface area contributed by atoms with Crippen LogP contribution >= 0.6 is 0 Å². The summed E-state index contributed by atoms with van der Waals surface area (Å²) < 4.78 is 0. The van der Waals surface area contributed by atoms with Crippen molar-refractivity contribution in [1.82, 2.24) is 5.43 Å². The van der Waals surface area contributed by atoms with Crippen molar-refractivity contribution in [2.75, 3.05) is 12.1 Å². The van der Waals surface area contributed by atoms with E-state index in [2.05, 4.69) is 90.3 Å². The van der Waals surface area contributed by atoms with E-state index in [4.69, 9.17) is 0 Å². The van der Waals surface area contributed by atoms with Gasteiger partial charge in [0.15, 0.2) is 0 Å². The molecule has 0 bridgehead atoms. The highest BCUT2D eigenvalue weighted by Crippen LogP contribution is 2.43. The van der Waals surface area contributed by atoms with E-state index in [1.54, 1.807) is 0 Å². The first kappa shape index (κ1) is 13.1. The molecule has 0 heterocycles. The number of hydrogen-bond donors (Lipinski definition) is 1. The zero-order chi connectivity index (χ0) is 14.9. The number of benzene rings is 3. The molecule has 108 valence electrons. The Morgan fingerprint density at radius 3 is 1.77 bits per heavy atom. The summed E-state index contributed by atoms with van der Waals surface area (Å²) in [6, 6.07) is 27.9. The van der Waals surface area contributed by atoms with Crippen LogP contribution in [0.15, 0.2) is 78.9 Å². The van der Waals surface area contributed by atoms with Crippen LogP contribution in [0.5, 0.6) is 0 Å². The van der Waals surface area contributed by atoms with E-state index in [1.807, 2.05) is 6.07 Å². The monoisotopic (exact) mass is 286 g/mol. The Kier molecular flexibility index (Phi) is 3.17. The van der Waals surface area contributed by atoms with Gasteiger partial charge in [-0.25, -0.2) is 5.43 Å². The van der Waals surface area contributed by atoms with E-state index >= 15 is 0 Å². The summed E-state index contributed by atoms with van der Waals surface area (Å²) in [7, 11) is 2.07. The number of hydrogen-bond acceptors (Lipinski definition) is 2. The first-order valence-electron chi connectivity index (χ1n) is 7.58. The maximum absolute atomic E-state index is 3.64. The fraction of sp³-hybridized carbons (Fsp3) is 0.100. The molecule has 3 aromatic rings. The molecule has 0 amide bonds. The van der Waals surface area contributed by atoms with Gasteiger partial charge in [0.25, 0.3) is 0 Å². The van der Waals surface area contributed by atoms with Crippen molar-refractivity contribution >= 4 is 5.69 Å². The number of para-hydroxylation sites is 1. The molecule has 3 aromatic carbocycles. The van der Waals surface area contributed by atoms with Crippen LogP contribution in [0.2, 0.25) is 0 Å². The molecule has 0 spiro atoms. The number of fused-ring (bicyclic) bond motifs is 3. The summed E-state index contributed by atoms with van der Waals surface area (Å²) >= 11 is 0. The van der Waals surface area contributed by atoms with E-state index in [9.17, 15) is 0 Å². The minimum atomic E-state index is 0.192. The van der Waals surface area contributed by atoms with Crippen molar-refractivity contribution < 1.29 is 0 Å². The molecule has 0 unspecified atom stereocenters. The summed E-state index contributed by atoms with van der Waals surface area (Å²) in [5.41, 5.74) is 10.1. The Balaban J connectivity index is 1.73. The lowest BCUT2D eigenvalue weighted by atomic mass is 10.1. The zero-order valence-electron chi connectivity index (χ0n) is 12.5. The van der Waals surface area contributed by atoms with E-state index in [-0.39, 0.29) is 6.04 Å². The Bertz CT molecular complexity index is 750. The second-order valence-electron chi connectivity index (χ2n) is 5.63. The smallest absolute Gasteiger partial charge is 0.0774 e. The summed E-state index contributed by atoms with van der Waals surface area (Å²) in [5, 5.41) is 2.10. The SMILES string of the molecule is CN(NC1c2ccccc2-c2ccccc21)c1ccccc1. The summed E-state index contributed by atoms with van der Waals surface area (Å²) in [6.45, 7) is 0. The molecule has 1 aliphatic rings. The van der Waals surface area contributed by atoms with Gasteiger partial charge in [0.2, 0.25) is 0 Å². The van der Waals surface area contributed by atoms with Crippen LogP contribution in [0.4, 0.5) is 5.69 Å². The van der Waals surface area contributed by atoms with Crippen molar-refractivity contribution in [1.29, 1.82) is 0 Å². The van der Waals surface area contributed by atoms with Gasteiger partial charge in [0, 0.05) is 7.05 Å². The quantitative estimate of drug-likeness (QED) is 0.718. The third kappa shape index (κ3) is 2.09. The number of nitrogens with zero attached hydrogens (tertiary/aromatic N) is 1. The highest BCUT2D eigenvalue weighted by Gasteiger charge is 2.28. The normalized spacial score (nSPS) is 12.8. The molecule has 2 heteroatoms. The molecule has 0 saturated carbocycles. The van der Waals surface area contributed by atoms with Gasteiger partial charge >= 0.3 is 0 Å². The largest absolute Gasteiger partial charge is 0.311 e. The number of hydrazine groups is 1. The minimum absolute atomic E-state index is 0.192. The van der Waals surface area contributed by atoms with Crippen LogP contribution in [0, 0.1) is 0 Å². The second kappa shape index (κ2) is 5.32. The average Bonchev–Trinajstić information content (AvgIpc) is 2.90. The third-order valence-electron chi connectivity index (χ3n) is 4.30. The van der Waals surface area contributed by atoms with Crippen molar-refractivity contribution in [3.05, 3.63) is 90.0 Å². The molecule has 2 nitrogen and oxygen atoms in total. The van der Waals surface area contributed by atoms with Gasteiger partial charge in [-0.1, -0.05) is 66.7 Å². The summed E-state index contributed by atoms with van der Waals surface area (Å²) in [6.07, 6.45) is 0. The lowest BCUT2D eigenvalue weighted by molar-refractivity contribution is 0.606. The van der Waals surface area contributed by atoms with Crippen molar-refractivity contribution in [3.8, 4) is 11.1 Å². The van der Waals surface area contributed by atoms with Gasteiger partial charge < -0.3 is 5.01 Å². The second-order valence-corrected chi connectivity index (χ2v) is 5.63. The van der Waals surface area contributed by atoms with Crippen molar-refractivity contribution in [3.63, 3.8) is 0 Å². The van der Waals surface area contributed by atoms with Gasteiger partial charge in [-0.15, -0.1) is 0 Å². The third-order valence-corrected chi connectivity index (χ3v) is 4.30. The highest BCUT2D eigenvalue weighted by atomic mass is 15.5. The van der Waals surface area contributed by atoms with E-state index in [0.717, 1.165) is 5.69 Å². The number of rotatable bonds is 3. The number of anilines is 1. The minimum Gasteiger partial charge on any atom is -0.311 e. The topological polar surface area (TPSA) is 15.3 Å². The Morgan fingerprint density at radius 1 is 0.682 bits per heavy atom. The summed E-state index contributed by atoms with van der Waals surface area (Å²) in [5.74, 6) is 0. The van der Waals surface area contributed by atoms with Crippen LogP contribution in [0.3, 0.4) is 0 Å². The molecule has 0 aliphatic heterocycles. The number of nitrogens with one attached hydrogen (secondary N) is 1. The van der Waals surface area contributed by atoms with Gasteiger partial charge in [-0.3, -0.25) is 0 Å².